The van der Waals surface area contributed by atoms with Crippen molar-refractivity contribution in [3.63, 3.8) is 0 Å². The fraction of sp³-hybridized carbons (Fsp3) is 0.0986. The first-order chi connectivity index (χ1) is 35.3. The van der Waals surface area contributed by atoms with E-state index in [1.54, 1.807) is 0 Å². The van der Waals surface area contributed by atoms with E-state index in [1.807, 2.05) is 0 Å². The largest absolute Gasteiger partial charge is 0.309 e. The van der Waals surface area contributed by atoms with Gasteiger partial charge < -0.3 is 4.57 Å². The molecule has 0 bridgehead atoms. The van der Waals surface area contributed by atoms with Gasteiger partial charge in [-0.25, -0.2) is 0 Å². The Bertz CT molecular complexity index is 3810. The lowest BCUT2D eigenvalue weighted by molar-refractivity contribution is 0.661. The van der Waals surface area contributed by atoms with Gasteiger partial charge in [-0.1, -0.05) is 214 Å². The van der Waals surface area contributed by atoms with Crippen LogP contribution in [-0.4, -0.2) is 4.57 Å². The molecule has 1 aromatic heterocycles. The van der Waals surface area contributed by atoms with Crippen LogP contribution in [0.1, 0.15) is 66.5 Å². The molecule has 1 heteroatoms. The third-order valence-corrected chi connectivity index (χ3v) is 15.7. The number of benzene rings is 10. The van der Waals surface area contributed by atoms with E-state index in [0.717, 1.165) is 18.5 Å². The third kappa shape index (κ3) is 7.65. The summed E-state index contributed by atoms with van der Waals surface area (Å²) >= 11 is 0. The van der Waals surface area contributed by atoms with Crippen molar-refractivity contribution in [3.05, 3.63) is 288 Å². The lowest BCUT2D eigenvalue weighted by Crippen LogP contribution is -2.15. The van der Waals surface area contributed by atoms with Gasteiger partial charge in [0.2, 0.25) is 0 Å². The summed E-state index contributed by atoms with van der Waals surface area (Å²) in [5.74, 6) is 0.214. The van der Waals surface area contributed by atoms with Crippen LogP contribution < -0.4 is 0 Å². The predicted octanol–water partition coefficient (Wildman–Crippen LogP) is 18.9. The smallest absolute Gasteiger partial charge is 0.0544 e. The van der Waals surface area contributed by atoms with Crippen LogP contribution in [0.5, 0.6) is 0 Å². The molecular formula is C71H55N. The highest BCUT2D eigenvalue weighted by molar-refractivity contribution is 6.12. The van der Waals surface area contributed by atoms with Crippen molar-refractivity contribution in [3.8, 4) is 61.3 Å². The lowest BCUT2D eigenvalue weighted by Gasteiger charge is -2.24. The summed E-state index contributed by atoms with van der Waals surface area (Å²) in [6.07, 6.45) is 6.60. The molecule has 0 saturated heterocycles. The van der Waals surface area contributed by atoms with Crippen LogP contribution in [0.15, 0.2) is 254 Å². The molecule has 10 aromatic carbocycles. The second-order valence-corrected chi connectivity index (χ2v) is 20.5. The second kappa shape index (κ2) is 17.7. The van der Waals surface area contributed by atoms with Gasteiger partial charge in [0.1, 0.15) is 0 Å². The molecular weight excluding hydrogens is 867 g/mol. The Morgan fingerprint density at radius 3 is 1.54 bits per heavy atom. The Labute approximate surface area is 423 Å². The van der Waals surface area contributed by atoms with Crippen molar-refractivity contribution in [2.45, 2.75) is 44.9 Å². The average molecular weight is 922 g/mol. The van der Waals surface area contributed by atoms with Gasteiger partial charge >= 0.3 is 0 Å². The Hall–Kier alpha value is -8.52. The molecule has 2 aliphatic rings. The molecule has 2 aliphatic carbocycles. The number of rotatable bonds is 9. The number of allylic oxidation sites excluding steroid dienone is 4. The number of nitrogens with zero attached hydrogens (tertiary/aromatic N) is 1. The molecule has 0 saturated carbocycles. The van der Waals surface area contributed by atoms with E-state index < -0.39 is 0 Å². The Balaban J connectivity index is 0.928. The summed E-state index contributed by atoms with van der Waals surface area (Å²) < 4.78 is 2.55. The van der Waals surface area contributed by atoms with Crippen LogP contribution in [0, 0.1) is 0 Å². The van der Waals surface area contributed by atoms with Crippen molar-refractivity contribution in [1.82, 2.24) is 4.57 Å². The van der Waals surface area contributed by atoms with E-state index in [2.05, 4.69) is 274 Å². The second-order valence-electron chi connectivity index (χ2n) is 20.5. The molecule has 0 radical (unpaired) electrons. The van der Waals surface area contributed by atoms with Crippen LogP contribution in [0.3, 0.4) is 0 Å². The van der Waals surface area contributed by atoms with Crippen molar-refractivity contribution in [2.24, 2.45) is 0 Å². The number of aromatic nitrogens is 1. The van der Waals surface area contributed by atoms with Gasteiger partial charge in [0, 0.05) is 27.8 Å². The molecule has 0 N–H and O–H groups in total. The van der Waals surface area contributed by atoms with Crippen molar-refractivity contribution < 1.29 is 0 Å². The summed E-state index contributed by atoms with van der Waals surface area (Å²) in [6, 6.07) is 88.1. The van der Waals surface area contributed by atoms with Crippen molar-refractivity contribution in [1.29, 1.82) is 0 Å². The maximum atomic E-state index is 2.55. The standard InChI is InChI=1S/C71H55N/c1-47-32-33-53(43-63(47)61-29-17-16-28-55(61)36-48-37-56(49-20-8-4-9-21-49)39-57(38-48)50-22-10-5-11-23-50)54-34-35-69-65(44-54)66-45-64-62-30-18-19-31-67(62)71(2,3)68(64)46-70(66)72(69)60-41-58(51-24-12-6-13-25-51)40-59(42-60)52-26-14-7-15-27-52/h4-35,37-42,44-46,53H,36,43H2,1-3H3. The van der Waals surface area contributed by atoms with E-state index in [1.165, 1.54) is 122 Å². The average Bonchev–Trinajstić information content (AvgIpc) is 3.88. The molecule has 0 fully saturated rings. The lowest BCUT2D eigenvalue weighted by atomic mass is 9.80. The Kier molecular flexibility index (Phi) is 10.7. The fourth-order valence-corrected chi connectivity index (χ4v) is 12.0. The molecule has 344 valence electrons. The minimum Gasteiger partial charge on any atom is -0.309 e. The van der Waals surface area contributed by atoms with E-state index in [-0.39, 0.29) is 11.3 Å². The molecule has 11 aromatic rings. The molecule has 1 atom stereocenters. The first-order valence-electron chi connectivity index (χ1n) is 25.5. The number of hydrogen-bond donors (Lipinski definition) is 0. The zero-order valence-corrected chi connectivity index (χ0v) is 41.1. The molecule has 0 amide bonds. The number of fused-ring (bicyclic) bond motifs is 6. The highest BCUT2D eigenvalue weighted by atomic mass is 15.0. The first kappa shape index (κ1) is 43.5. The summed E-state index contributed by atoms with van der Waals surface area (Å²) in [5.41, 5.74) is 26.8. The van der Waals surface area contributed by atoms with Gasteiger partial charge in [-0.2, -0.15) is 0 Å². The van der Waals surface area contributed by atoms with Gasteiger partial charge in [-0.15, -0.1) is 0 Å². The fourth-order valence-electron chi connectivity index (χ4n) is 12.0. The minimum atomic E-state index is -0.133. The third-order valence-electron chi connectivity index (χ3n) is 15.7. The van der Waals surface area contributed by atoms with E-state index in [9.17, 15) is 0 Å². The van der Waals surface area contributed by atoms with Crippen molar-refractivity contribution >= 4 is 27.4 Å². The highest BCUT2D eigenvalue weighted by Crippen LogP contribution is 2.52. The van der Waals surface area contributed by atoms with Crippen LogP contribution in [-0.2, 0) is 11.8 Å². The highest BCUT2D eigenvalue weighted by Gasteiger charge is 2.36. The molecule has 1 unspecified atom stereocenters. The van der Waals surface area contributed by atoms with Crippen LogP contribution in [0.25, 0.3) is 88.7 Å². The van der Waals surface area contributed by atoms with Crippen LogP contribution in [0.4, 0.5) is 0 Å². The molecule has 13 rings (SSSR count). The molecule has 0 aliphatic heterocycles. The van der Waals surface area contributed by atoms with Gasteiger partial charge in [-0.3, -0.25) is 0 Å². The summed E-state index contributed by atoms with van der Waals surface area (Å²) in [5, 5.41) is 2.57. The van der Waals surface area contributed by atoms with Crippen molar-refractivity contribution in [2.75, 3.05) is 0 Å². The van der Waals surface area contributed by atoms with E-state index in [4.69, 9.17) is 0 Å². The monoisotopic (exact) mass is 921 g/mol. The number of hydrogen-bond acceptors (Lipinski definition) is 0. The zero-order chi connectivity index (χ0) is 48.3. The van der Waals surface area contributed by atoms with Gasteiger partial charge in [-0.05, 0) is 168 Å². The van der Waals surface area contributed by atoms with Crippen LogP contribution >= 0.6 is 0 Å². The van der Waals surface area contributed by atoms with Gasteiger partial charge in [0.15, 0.2) is 0 Å². The Morgan fingerprint density at radius 1 is 0.431 bits per heavy atom. The first-order valence-corrected chi connectivity index (χ1v) is 25.5. The van der Waals surface area contributed by atoms with E-state index >= 15 is 0 Å². The maximum absolute atomic E-state index is 2.55. The quantitative estimate of drug-likeness (QED) is 0.136. The van der Waals surface area contributed by atoms with Gasteiger partial charge in [0.25, 0.3) is 0 Å². The van der Waals surface area contributed by atoms with Crippen LogP contribution in [0.2, 0.25) is 0 Å². The molecule has 1 nitrogen and oxygen atoms in total. The maximum Gasteiger partial charge on any atom is 0.0544 e. The predicted molar refractivity (Wildman–Crippen MR) is 305 cm³/mol. The Morgan fingerprint density at radius 2 is 0.944 bits per heavy atom. The summed E-state index contributed by atoms with van der Waals surface area (Å²) in [7, 11) is 0. The summed E-state index contributed by atoms with van der Waals surface area (Å²) in [6.45, 7) is 7.08. The topological polar surface area (TPSA) is 4.93 Å². The summed E-state index contributed by atoms with van der Waals surface area (Å²) in [4.78, 5) is 0. The molecule has 0 spiro atoms. The van der Waals surface area contributed by atoms with E-state index in [0.29, 0.717) is 0 Å². The molecule has 1 heterocycles. The minimum absolute atomic E-state index is 0.133. The zero-order valence-electron chi connectivity index (χ0n) is 41.1. The SMILES string of the molecule is CC1=C(c2ccccc2Cc2cc(-c3ccccc3)cc(-c3ccccc3)c2)CC(c2ccc3c(c2)c2cc4c(cc2n3-c2cc(-c3ccccc3)cc(-c3ccccc3)c2)C(C)(C)c2ccccc2-4)C=C1. The molecule has 72 heavy (non-hydrogen) atoms. The van der Waals surface area contributed by atoms with Gasteiger partial charge in [0.05, 0.1) is 11.0 Å². The normalized spacial score (nSPS) is 14.7.